The topological polar surface area (TPSA) is 52.3 Å². The minimum atomic E-state index is -1.02. The summed E-state index contributed by atoms with van der Waals surface area (Å²) in [4.78, 5) is 0.778. The second-order valence-electron chi connectivity index (χ2n) is 5.48. The Morgan fingerprint density at radius 1 is 1.42 bits per heavy atom. The summed E-state index contributed by atoms with van der Waals surface area (Å²) in [6.07, 6.45) is 5.22. The second kappa shape index (κ2) is 5.08. The van der Waals surface area contributed by atoms with Gasteiger partial charge in [-0.25, -0.2) is 0 Å². The summed E-state index contributed by atoms with van der Waals surface area (Å²) < 4.78 is 18.5. The van der Waals surface area contributed by atoms with Crippen molar-refractivity contribution in [1.82, 2.24) is 0 Å². The number of halogens is 1. The molecule has 0 amide bonds. The molecule has 3 nitrogen and oxygen atoms in total. The maximum absolute atomic E-state index is 12.6. The van der Waals surface area contributed by atoms with Gasteiger partial charge in [0.1, 0.15) is 0 Å². The maximum atomic E-state index is 12.6. The van der Waals surface area contributed by atoms with Gasteiger partial charge in [-0.05, 0) is 50.3 Å². The highest BCUT2D eigenvalue weighted by molar-refractivity contribution is 7.85. The Bertz CT molecular complexity index is 516. The van der Waals surface area contributed by atoms with Crippen LogP contribution in [0.4, 0.5) is 5.69 Å². The second-order valence-corrected chi connectivity index (χ2v) is 7.62. The first kappa shape index (κ1) is 13.4. The molecule has 1 aromatic rings. The first-order valence-electron chi connectivity index (χ1n) is 6.69. The van der Waals surface area contributed by atoms with Crippen molar-refractivity contribution in [2.75, 3.05) is 12.3 Å². The average Bonchev–Trinajstić information content (AvgIpc) is 2.39. The highest BCUT2D eigenvalue weighted by Gasteiger charge is 2.44. The Morgan fingerprint density at radius 2 is 2.21 bits per heavy atom. The average molecular weight is 300 g/mol. The lowest BCUT2D eigenvalue weighted by molar-refractivity contribution is -0.125. The lowest BCUT2D eigenvalue weighted by atomic mass is 9.75. The smallest absolute Gasteiger partial charge is 0.0694 e. The van der Waals surface area contributed by atoms with Crippen LogP contribution >= 0.6 is 11.6 Å². The van der Waals surface area contributed by atoms with Crippen LogP contribution in [-0.2, 0) is 15.5 Å². The van der Waals surface area contributed by atoms with Crippen molar-refractivity contribution in [3.8, 4) is 0 Å². The first-order valence-corrected chi connectivity index (χ1v) is 8.28. The predicted molar refractivity (Wildman–Crippen MR) is 77.8 cm³/mol. The predicted octanol–water partition coefficient (Wildman–Crippen LogP) is 3.13. The van der Waals surface area contributed by atoms with Gasteiger partial charge in [0.2, 0.25) is 0 Å². The normalized spacial score (nSPS) is 26.9. The van der Waals surface area contributed by atoms with Crippen LogP contribution in [0.25, 0.3) is 0 Å². The molecule has 0 aromatic heterocycles. The van der Waals surface area contributed by atoms with Crippen LogP contribution in [0.5, 0.6) is 0 Å². The van der Waals surface area contributed by atoms with Gasteiger partial charge in [-0.3, -0.25) is 4.21 Å². The Labute approximate surface area is 120 Å². The molecular formula is C14H18ClNO2S. The van der Waals surface area contributed by atoms with E-state index in [2.05, 4.69) is 0 Å². The highest BCUT2D eigenvalue weighted by Crippen LogP contribution is 2.44. The van der Waals surface area contributed by atoms with Gasteiger partial charge in [-0.2, -0.15) is 0 Å². The third kappa shape index (κ3) is 2.54. The number of nitrogens with two attached hydrogens (primary N) is 1. The molecular weight excluding hydrogens is 282 g/mol. The minimum Gasteiger partial charge on any atom is -0.398 e. The molecule has 104 valence electrons. The molecule has 3 rings (SSSR count). The van der Waals surface area contributed by atoms with E-state index < -0.39 is 10.8 Å². The first-order chi connectivity index (χ1) is 9.10. The zero-order valence-electron chi connectivity index (χ0n) is 10.7. The zero-order valence-corrected chi connectivity index (χ0v) is 12.3. The van der Waals surface area contributed by atoms with Gasteiger partial charge in [-0.1, -0.05) is 11.6 Å². The SMILES string of the molecule is Nc1ccc(S(=O)C2CCOC3(CCC3)C2)cc1Cl. The van der Waals surface area contributed by atoms with E-state index in [4.69, 9.17) is 22.1 Å². The molecule has 0 bridgehead atoms. The molecule has 5 heteroatoms. The number of hydrogen-bond donors (Lipinski definition) is 1. The molecule has 2 unspecified atom stereocenters. The van der Waals surface area contributed by atoms with Gasteiger partial charge in [0.15, 0.2) is 0 Å². The van der Waals surface area contributed by atoms with Crippen molar-refractivity contribution in [2.45, 2.75) is 47.9 Å². The van der Waals surface area contributed by atoms with Crippen molar-refractivity contribution in [3.05, 3.63) is 23.2 Å². The van der Waals surface area contributed by atoms with E-state index in [0.29, 0.717) is 10.7 Å². The minimum absolute atomic E-state index is 0.0240. The van der Waals surface area contributed by atoms with Crippen LogP contribution in [0.3, 0.4) is 0 Å². The zero-order chi connectivity index (χ0) is 13.5. The molecule has 1 aliphatic carbocycles. The van der Waals surface area contributed by atoms with E-state index in [1.165, 1.54) is 6.42 Å². The molecule has 0 radical (unpaired) electrons. The van der Waals surface area contributed by atoms with E-state index >= 15 is 0 Å². The summed E-state index contributed by atoms with van der Waals surface area (Å²) in [5, 5.41) is 0.657. The van der Waals surface area contributed by atoms with E-state index in [9.17, 15) is 4.21 Å². The molecule has 1 saturated heterocycles. The monoisotopic (exact) mass is 299 g/mol. The largest absolute Gasteiger partial charge is 0.398 e. The van der Waals surface area contributed by atoms with Gasteiger partial charge in [0.05, 0.1) is 27.1 Å². The van der Waals surface area contributed by atoms with Crippen molar-refractivity contribution in [2.24, 2.45) is 0 Å². The Morgan fingerprint density at radius 3 is 2.84 bits per heavy atom. The molecule has 1 saturated carbocycles. The lowest BCUT2D eigenvalue weighted by Gasteiger charge is -2.46. The summed E-state index contributed by atoms with van der Waals surface area (Å²) in [6.45, 7) is 0.721. The Kier molecular flexibility index (Phi) is 3.58. The lowest BCUT2D eigenvalue weighted by Crippen LogP contribution is -2.48. The Hall–Kier alpha value is -0.580. The fourth-order valence-electron chi connectivity index (χ4n) is 2.91. The van der Waals surface area contributed by atoms with Crippen LogP contribution in [0.1, 0.15) is 32.1 Å². The van der Waals surface area contributed by atoms with Crippen molar-refractivity contribution >= 4 is 28.1 Å². The summed E-state index contributed by atoms with van der Waals surface area (Å²) in [5.41, 5.74) is 6.25. The van der Waals surface area contributed by atoms with Gasteiger partial charge < -0.3 is 10.5 Å². The van der Waals surface area contributed by atoms with E-state index in [1.54, 1.807) is 12.1 Å². The fraction of sp³-hybridized carbons (Fsp3) is 0.571. The molecule has 2 N–H and O–H groups in total. The van der Waals surface area contributed by atoms with Crippen LogP contribution < -0.4 is 5.73 Å². The quantitative estimate of drug-likeness (QED) is 0.854. The van der Waals surface area contributed by atoms with E-state index in [-0.39, 0.29) is 10.9 Å². The number of benzene rings is 1. The molecule has 1 aliphatic heterocycles. The number of ether oxygens (including phenoxy) is 1. The van der Waals surface area contributed by atoms with Crippen LogP contribution in [0, 0.1) is 0 Å². The number of anilines is 1. The number of nitrogen functional groups attached to an aromatic ring is 1. The molecule has 2 atom stereocenters. The summed E-state index contributed by atoms with van der Waals surface area (Å²) >= 11 is 6.01. The van der Waals surface area contributed by atoms with Gasteiger partial charge >= 0.3 is 0 Å². The van der Waals surface area contributed by atoms with Crippen molar-refractivity contribution < 1.29 is 8.95 Å². The summed E-state index contributed by atoms with van der Waals surface area (Å²) in [7, 11) is -1.02. The van der Waals surface area contributed by atoms with Crippen molar-refractivity contribution in [1.29, 1.82) is 0 Å². The van der Waals surface area contributed by atoms with Gasteiger partial charge in [0.25, 0.3) is 0 Å². The van der Waals surface area contributed by atoms with E-state index in [1.807, 2.05) is 6.07 Å². The molecule has 2 fully saturated rings. The molecule has 19 heavy (non-hydrogen) atoms. The van der Waals surface area contributed by atoms with Gasteiger partial charge in [0, 0.05) is 16.8 Å². The fourth-order valence-corrected chi connectivity index (χ4v) is 4.74. The van der Waals surface area contributed by atoms with Gasteiger partial charge in [-0.15, -0.1) is 0 Å². The molecule has 2 aliphatic rings. The highest BCUT2D eigenvalue weighted by atomic mass is 35.5. The molecule has 1 aromatic carbocycles. The van der Waals surface area contributed by atoms with Crippen LogP contribution in [0.15, 0.2) is 23.1 Å². The summed E-state index contributed by atoms with van der Waals surface area (Å²) in [5.74, 6) is 0. The van der Waals surface area contributed by atoms with Crippen LogP contribution in [-0.4, -0.2) is 21.7 Å². The number of hydrogen-bond acceptors (Lipinski definition) is 3. The Balaban J connectivity index is 1.77. The van der Waals surface area contributed by atoms with E-state index in [0.717, 1.165) is 37.2 Å². The summed E-state index contributed by atoms with van der Waals surface area (Å²) in [6, 6.07) is 5.28. The number of rotatable bonds is 2. The van der Waals surface area contributed by atoms with Crippen LogP contribution in [0.2, 0.25) is 5.02 Å². The standard InChI is InChI=1S/C14H18ClNO2S/c15-12-8-10(2-3-13(12)16)19(17)11-4-7-18-14(9-11)5-1-6-14/h2-3,8,11H,1,4-7,9,16H2. The molecule has 1 heterocycles. The van der Waals surface area contributed by atoms with Crippen molar-refractivity contribution in [3.63, 3.8) is 0 Å². The third-order valence-corrected chi connectivity index (χ3v) is 6.27. The molecule has 1 spiro atoms. The maximum Gasteiger partial charge on any atom is 0.0694 e. The third-order valence-electron chi connectivity index (χ3n) is 4.22.